The van der Waals surface area contributed by atoms with Crippen LogP contribution in [0.2, 0.25) is 0 Å². The molecule has 38 heavy (non-hydrogen) atoms. The van der Waals surface area contributed by atoms with E-state index in [1.165, 1.54) is 44.6 Å². The van der Waals surface area contributed by atoms with Gasteiger partial charge in [0, 0.05) is 12.1 Å². The average molecular weight is 544 g/mol. The minimum atomic E-state index is -4.32. The van der Waals surface area contributed by atoms with Crippen LogP contribution in [0.1, 0.15) is 30.6 Å². The molecule has 3 aromatic rings. The van der Waals surface area contributed by atoms with Gasteiger partial charge in [0.1, 0.15) is 12.4 Å². The second-order valence-electron chi connectivity index (χ2n) is 8.38. The quantitative estimate of drug-likeness (QED) is 0.375. The van der Waals surface area contributed by atoms with E-state index in [-0.39, 0.29) is 39.5 Å². The zero-order valence-electron chi connectivity index (χ0n) is 21.5. The van der Waals surface area contributed by atoms with Gasteiger partial charge >= 0.3 is 0 Å². The van der Waals surface area contributed by atoms with Crippen LogP contribution in [0.15, 0.2) is 71.6 Å². The molecule has 2 N–H and O–H groups in total. The third kappa shape index (κ3) is 6.60. The summed E-state index contributed by atoms with van der Waals surface area (Å²) < 4.78 is 52.3. The highest BCUT2D eigenvalue weighted by molar-refractivity contribution is 7.92. The molecule has 0 heterocycles. The highest BCUT2D eigenvalue weighted by atomic mass is 32.2. The number of hydrogen-bond donors (Lipinski definition) is 2. The van der Waals surface area contributed by atoms with Crippen molar-refractivity contribution in [1.82, 2.24) is 5.32 Å². The van der Waals surface area contributed by atoms with Gasteiger partial charge in [-0.1, -0.05) is 19.1 Å². The van der Waals surface area contributed by atoms with Crippen molar-refractivity contribution in [2.45, 2.75) is 31.2 Å². The lowest BCUT2D eigenvalue weighted by atomic mass is 10.1. The Bertz CT molecular complexity index is 1400. The SMILES string of the molecule is CC[C@H](C)NC(=O)c1ccccc1NC(=O)CN(c1ccc(F)cc1)S(=O)(=O)c1ccc(OC)c(OC)c1. The van der Waals surface area contributed by atoms with Crippen molar-refractivity contribution in [3.8, 4) is 11.5 Å². The van der Waals surface area contributed by atoms with E-state index in [1.807, 2.05) is 13.8 Å². The number of methoxy groups -OCH3 is 2. The summed E-state index contributed by atoms with van der Waals surface area (Å²) in [5.74, 6) is -1.14. The summed E-state index contributed by atoms with van der Waals surface area (Å²) in [7, 11) is -1.53. The molecule has 3 rings (SSSR count). The first-order chi connectivity index (χ1) is 18.1. The third-order valence-corrected chi connectivity index (χ3v) is 7.55. The largest absolute Gasteiger partial charge is 0.493 e. The molecule has 0 radical (unpaired) electrons. The van der Waals surface area contributed by atoms with Crippen LogP contribution < -0.4 is 24.4 Å². The summed E-state index contributed by atoms with van der Waals surface area (Å²) in [6, 6.07) is 15.1. The van der Waals surface area contributed by atoms with Crippen LogP contribution in [0.5, 0.6) is 11.5 Å². The van der Waals surface area contributed by atoms with Crippen molar-refractivity contribution in [2.75, 3.05) is 30.4 Å². The van der Waals surface area contributed by atoms with Crippen LogP contribution in [0.3, 0.4) is 0 Å². The number of rotatable bonds is 11. The predicted octanol–water partition coefficient (Wildman–Crippen LogP) is 4.21. The van der Waals surface area contributed by atoms with E-state index in [1.54, 1.807) is 24.3 Å². The van der Waals surface area contributed by atoms with E-state index in [0.717, 1.165) is 22.9 Å². The van der Waals surface area contributed by atoms with Gasteiger partial charge in [-0.15, -0.1) is 0 Å². The molecule has 0 fully saturated rings. The van der Waals surface area contributed by atoms with E-state index >= 15 is 0 Å². The molecule has 11 heteroatoms. The Morgan fingerprint density at radius 1 is 0.974 bits per heavy atom. The molecule has 0 bridgehead atoms. The van der Waals surface area contributed by atoms with Crippen LogP contribution >= 0.6 is 0 Å². The number of carbonyl (C=O) groups excluding carboxylic acids is 2. The zero-order valence-corrected chi connectivity index (χ0v) is 22.3. The molecule has 0 aliphatic carbocycles. The van der Waals surface area contributed by atoms with Crippen LogP contribution in [-0.2, 0) is 14.8 Å². The van der Waals surface area contributed by atoms with Gasteiger partial charge in [0.25, 0.3) is 15.9 Å². The molecule has 0 aromatic heterocycles. The summed E-state index contributed by atoms with van der Waals surface area (Å²) in [5.41, 5.74) is 0.525. The highest BCUT2D eigenvalue weighted by Gasteiger charge is 2.29. The van der Waals surface area contributed by atoms with Crippen molar-refractivity contribution >= 4 is 33.2 Å². The number of benzene rings is 3. The van der Waals surface area contributed by atoms with Crippen molar-refractivity contribution in [1.29, 1.82) is 0 Å². The normalized spacial score (nSPS) is 11.8. The molecule has 2 amide bonds. The van der Waals surface area contributed by atoms with Crippen LogP contribution in [0, 0.1) is 5.82 Å². The van der Waals surface area contributed by atoms with Crippen molar-refractivity contribution in [2.24, 2.45) is 0 Å². The monoisotopic (exact) mass is 543 g/mol. The van der Waals surface area contributed by atoms with Gasteiger partial charge in [0.05, 0.1) is 36.1 Å². The summed E-state index contributed by atoms with van der Waals surface area (Å²) in [4.78, 5) is 25.7. The van der Waals surface area contributed by atoms with Crippen molar-refractivity contribution in [3.05, 3.63) is 78.1 Å². The number of nitrogens with zero attached hydrogens (tertiary/aromatic N) is 1. The lowest BCUT2D eigenvalue weighted by molar-refractivity contribution is -0.114. The third-order valence-electron chi connectivity index (χ3n) is 5.78. The molecule has 0 aliphatic heterocycles. The van der Waals surface area contributed by atoms with E-state index in [9.17, 15) is 22.4 Å². The Kier molecular flexibility index (Phi) is 9.30. The molecular weight excluding hydrogens is 513 g/mol. The molecule has 0 saturated carbocycles. The molecule has 3 aromatic carbocycles. The van der Waals surface area contributed by atoms with Crippen LogP contribution in [0.4, 0.5) is 15.8 Å². The average Bonchev–Trinajstić information content (AvgIpc) is 2.91. The molecule has 0 saturated heterocycles. The topological polar surface area (TPSA) is 114 Å². The van der Waals surface area contributed by atoms with Gasteiger partial charge in [0.2, 0.25) is 5.91 Å². The number of para-hydroxylation sites is 1. The van der Waals surface area contributed by atoms with E-state index in [4.69, 9.17) is 9.47 Å². The smallest absolute Gasteiger partial charge is 0.264 e. The summed E-state index contributed by atoms with van der Waals surface area (Å²) in [6.45, 7) is 3.14. The van der Waals surface area contributed by atoms with E-state index < -0.39 is 28.3 Å². The highest BCUT2D eigenvalue weighted by Crippen LogP contribution is 2.32. The molecule has 0 spiro atoms. The number of ether oxygens (including phenoxy) is 2. The lowest BCUT2D eigenvalue weighted by Crippen LogP contribution is -2.38. The fourth-order valence-corrected chi connectivity index (χ4v) is 4.98. The maximum absolute atomic E-state index is 13.7. The van der Waals surface area contributed by atoms with Gasteiger partial charge in [0.15, 0.2) is 11.5 Å². The van der Waals surface area contributed by atoms with Gasteiger partial charge in [-0.2, -0.15) is 0 Å². The Labute approximate surface area is 221 Å². The first-order valence-corrected chi connectivity index (χ1v) is 13.2. The van der Waals surface area contributed by atoms with Crippen LogP contribution in [0.25, 0.3) is 0 Å². The molecular formula is C27H30FN3O6S. The molecule has 9 nitrogen and oxygen atoms in total. The summed E-state index contributed by atoms with van der Waals surface area (Å²) in [6.07, 6.45) is 0.723. The Balaban J connectivity index is 1.95. The Morgan fingerprint density at radius 2 is 1.63 bits per heavy atom. The standard InChI is InChI=1S/C27H30FN3O6S/c1-5-18(2)29-27(33)22-8-6-7-9-23(22)30-26(32)17-31(20-12-10-19(28)11-13-20)38(34,35)21-14-15-24(36-3)25(16-21)37-4/h6-16,18H,5,17H2,1-4H3,(H,29,33)(H,30,32)/t18-/m0/s1. The van der Waals surface area contributed by atoms with Gasteiger partial charge < -0.3 is 20.1 Å². The van der Waals surface area contributed by atoms with Gasteiger partial charge in [-0.3, -0.25) is 13.9 Å². The maximum atomic E-state index is 13.7. The number of anilines is 2. The number of hydrogen-bond acceptors (Lipinski definition) is 6. The number of halogens is 1. The van der Waals surface area contributed by atoms with Crippen molar-refractivity contribution in [3.63, 3.8) is 0 Å². The fraction of sp³-hybridized carbons (Fsp3) is 0.259. The minimum Gasteiger partial charge on any atom is -0.493 e. The maximum Gasteiger partial charge on any atom is 0.264 e. The molecule has 0 aliphatic rings. The number of sulfonamides is 1. The first-order valence-electron chi connectivity index (χ1n) is 11.8. The van der Waals surface area contributed by atoms with Crippen LogP contribution in [-0.4, -0.2) is 47.0 Å². The fourth-order valence-electron chi connectivity index (χ4n) is 3.54. The number of nitrogens with one attached hydrogen (secondary N) is 2. The zero-order chi connectivity index (χ0) is 27.9. The lowest BCUT2D eigenvalue weighted by Gasteiger charge is -2.25. The minimum absolute atomic E-state index is 0.0686. The second-order valence-corrected chi connectivity index (χ2v) is 10.2. The number of carbonyl (C=O) groups is 2. The molecule has 0 unspecified atom stereocenters. The Hall–Kier alpha value is -4.12. The van der Waals surface area contributed by atoms with Gasteiger partial charge in [-0.05, 0) is 61.9 Å². The Morgan fingerprint density at radius 3 is 2.26 bits per heavy atom. The summed E-state index contributed by atoms with van der Waals surface area (Å²) in [5, 5.41) is 5.48. The molecule has 1 atom stereocenters. The molecule has 202 valence electrons. The second kappa shape index (κ2) is 12.4. The summed E-state index contributed by atoms with van der Waals surface area (Å²) >= 11 is 0. The van der Waals surface area contributed by atoms with E-state index in [0.29, 0.717) is 5.75 Å². The van der Waals surface area contributed by atoms with E-state index in [2.05, 4.69) is 10.6 Å². The number of amides is 2. The van der Waals surface area contributed by atoms with Gasteiger partial charge in [-0.25, -0.2) is 12.8 Å². The van der Waals surface area contributed by atoms with Crippen molar-refractivity contribution < 1.29 is 31.9 Å². The predicted molar refractivity (Wildman–Crippen MR) is 143 cm³/mol. The first kappa shape index (κ1) is 28.5.